The molecule has 2 nitrogen and oxygen atoms in total. The van der Waals surface area contributed by atoms with Crippen LogP contribution in [0.1, 0.15) is 32.6 Å². The van der Waals surface area contributed by atoms with Crippen molar-refractivity contribution in [1.82, 2.24) is 5.32 Å². The average Bonchev–Trinajstić information content (AvgIpc) is 2.74. The van der Waals surface area contributed by atoms with Crippen LogP contribution >= 0.6 is 0 Å². The third-order valence-electron chi connectivity index (χ3n) is 3.37. The molecule has 0 radical (unpaired) electrons. The highest BCUT2D eigenvalue weighted by atomic mass is 16.5. The van der Waals surface area contributed by atoms with Crippen LogP contribution in [-0.2, 0) is 0 Å². The van der Waals surface area contributed by atoms with Crippen molar-refractivity contribution in [2.75, 3.05) is 13.2 Å². The Morgan fingerprint density at radius 2 is 1.88 bits per heavy atom. The van der Waals surface area contributed by atoms with E-state index >= 15 is 0 Å². The lowest BCUT2D eigenvalue weighted by atomic mass is 10.0. The molecular formula is C14H21NO. The first-order chi connectivity index (χ1) is 7.79. The molecular weight excluding hydrogens is 198 g/mol. The van der Waals surface area contributed by atoms with Crippen LogP contribution in [0.2, 0.25) is 0 Å². The van der Waals surface area contributed by atoms with Crippen molar-refractivity contribution >= 4 is 0 Å². The fraction of sp³-hybridized carbons (Fsp3) is 0.571. The van der Waals surface area contributed by atoms with Crippen molar-refractivity contribution in [3.05, 3.63) is 30.3 Å². The summed E-state index contributed by atoms with van der Waals surface area (Å²) in [4.78, 5) is 0. The van der Waals surface area contributed by atoms with Crippen LogP contribution in [0.25, 0.3) is 0 Å². The molecule has 88 valence electrons. The molecule has 0 bridgehead atoms. The average molecular weight is 219 g/mol. The summed E-state index contributed by atoms with van der Waals surface area (Å²) in [6.07, 6.45) is 5.34. The first-order valence-corrected chi connectivity index (χ1v) is 6.21. The first-order valence-electron chi connectivity index (χ1n) is 6.21. The number of para-hydroxylation sites is 1. The zero-order valence-corrected chi connectivity index (χ0v) is 10.0. The van der Waals surface area contributed by atoms with Crippen LogP contribution in [-0.4, -0.2) is 18.7 Å². The molecule has 2 rings (SSSR count). The molecule has 0 amide bonds. The molecule has 1 saturated carbocycles. The maximum atomic E-state index is 5.65. The van der Waals surface area contributed by atoms with Gasteiger partial charge in [-0.15, -0.1) is 0 Å². The molecule has 0 saturated heterocycles. The Bertz CT molecular complexity index is 304. The lowest BCUT2D eigenvalue weighted by Gasteiger charge is -2.25. The van der Waals surface area contributed by atoms with E-state index in [2.05, 4.69) is 12.2 Å². The summed E-state index contributed by atoms with van der Waals surface area (Å²) in [5, 5.41) is 3.60. The molecule has 0 spiro atoms. The largest absolute Gasteiger partial charge is 0.492 e. The van der Waals surface area contributed by atoms with Gasteiger partial charge < -0.3 is 10.1 Å². The van der Waals surface area contributed by atoms with Crippen LogP contribution in [0.4, 0.5) is 0 Å². The molecule has 1 aromatic rings. The molecule has 1 aliphatic rings. The second-order valence-electron chi connectivity index (χ2n) is 4.86. The Labute approximate surface area is 98.0 Å². The Kier molecular flexibility index (Phi) is 3.83. The lowest BCUT2D eigenvalue weighted by molar-refractivity contribution is 0.277. The van der Waals surface area contributed by atoms with Gasteiger partial charge in [0.05, 0.1) is 0 Å². The smallest absolute Gasteiger partial charge is 0.119 e. The zero-order chi connectivity index (χ0) is 11.3. The van der Waals surface area contributed by atoms with E-state index < -0.39 is 0 Å². The number of hydrogen-bond acceptors (Lipinski definition) is 2. The lowest BCUT2D eigenvalue weighted by Crippen LogP contribution is -2.41. The summed E-state index contributed by atoms with van der Waals surface area (Å²) >= 11 is 0. The second kappa shape index (κ2) is 5.35. The molecule has 2 heteroatoms. The van der Waals surface area contributed by atoms with Gasteiger partial charge in [0, 0.05) is 12.1 Å². The van der Waals surface area contributed by atoms with E-state index in [1.807, 2.05) is 30.3 Å². The fourth-order valence-corrected chi connectivity index (χ4v) is 2.37. The summed E-state index contributed by atoms with van der Waals surface area (Å²) in [5.41, 5.74) is 0.361. The maximum Gasteiger partial charge on any atom is 0.119 e. The highest BCUT2D eigenvalue weighted by Crippen LogP contribution is 2.28. The standard InChI is InChI=1S/C14H21NO/c1-14(9-5-6-10-14)15-11-12-16-13-7-3-2-4-8-13/h2-4,7-8,15H,5-6,9-12H2,1H3. The van der Waals surface area contributed by atoms with Crippen molar-refractivity contribution in [3.8, 4) is 5.75 Å². The van der Waals surface area contributed by atoms with Gasteiger partial charge in [0.2, 0.25) is 0 Å². The minimum atomic E-state index is 0.361. The second-order valence-corrected chi connectivity index (χ2v) is 4.86. The van der Waals surface area contributed by atoms with Gasteiger partial charge in [0.15, 0.2) is 0 Å². The van der Waals surface area contributed by atoms with Crippen molar-refractivity contribution < 1.29 is 4.74 Å². The van der Waals surface area contributed by atoms with Gasteiger partial charge >= 0.3 is 0 Å². The fourth-order valence-electron chi connectivity index (χ4n) is 2.37. The third-order valence-corrected chi connectivity index (χ3v) is 3.37. The van der Waals surface area contributed by atoms with E-state index in [0.29, 0.717) is 5.54 Å². The van der Waals surface area contributed by atoms with Crippen LogP contribution in [0.15, 0.2) is 30.3 Å². The van der Waals surface area contributed by atoms with E-state index in [9.17, 15) is 0 Å². The van der Waals surface area contributed by atoms with Gasteiger partial charge in [-0.05, 0) is 31.9 Å². The molecule has 16 heavy (non-hydrogen) atoms. The highest BCUT2D eigenvalue weighted by Gasteiger charge is 2.27. The van der Waals surface area contributed by atoms with E-state index in [4.69, 9.17) is 4.74 Å². The molecule has 0 aliphatic heterocycles. The summed E-state index contributed by atoms with van der Waals surface area (Å²) in [5.74, 6) is 0.959. The quantitative estimate of drug-likeness (QED) is 0.769. The number of benzene rings is 1. The van der Waals surface area contributed by atoms with Crippen molar-refractivity contribution in [1.29, 1.82) is 0 Å². The van der Waals surface area contributed by atoms with Gasteiger partial charge in [-0.1, -0.05) is 31.0 Å². The summed E-state index contributed by atoms with van der Waals surface area (Å²) in [7, 11) is 0. The minimum Gasteiger partial charge on any atom is -0.492 e. The molecule has 1 aromatic carbocycles. The van der Waals surface area contributed by atoms with Gasteiger partial charge in [-0.25, -0.2) is 0 Å². The predicted octanol–water partition coefficient (Wildman–Crippen LogP) is 2.99. The maximum absolute atomic E-state index is 5.65. The van der Waals surface area contributed by atoms with Gasteiger partial charge in [0.25, 0.3) is 0 Å². The SMILES string of the molecule is CC1(NCCOc2ccccc2)CCCC1. The van der Waals surface area contributed by atoms with E-state index in [0.717, 1.165) is 18.9 Å². The topological polar surface area (TPSA) is 21.3 Å². The van der Waals surface area contributed by atoms with Gasteiger partial charge in [-0.3, -0.25) is 0 Å². The number of ether oxygens (including phenoxy) is 1. The Morgan fingerprint density at radius 1 is 1.19 bits per heavy atom. The van der Waals surface area contributed by atoms with Crippen LogP contribution in [0.3, 0.4) is 0 Å². The predicted molar refractivity (Wildman–Crippen MR) is 66.8 cm³/mol. The molecule has 1 aliphatic carbocycles. The summed E-state index contributed by atoms with van der Waals surface area (Å²) in [6.45, 7) is 4.01. The number of nitrogens with one attached hydrogen (secondary N) is 1. The minimum absolute atomic E-state index is 0.361. The van der Waals surface area contributed by atoms with Crippen LogP contribution in [0, 0.1) is 0 Å². The van der Waals surface area contributed by atoms with E-state index in [1.165, 1.54) is 25.7 Å². The highest BCUT2D eigenvalue weighted by molar-refractivity contribution is 5.20. The van der Waals surface area contributed by atoms with E-state index in [-0.39, 0.29) is 0 Å². The van der Waals surface area contributed by atoms with Crippen molar-refractivity contribution in [3.63, 3.8) is 0 Å². The molecule has 0 atom stereocenters. The molecule has 0 heterocycles. The first kappa shape index (κ1) is 11.5. The summed E-state index contributed by atoms with van der Waals surface area (Å²) in [6, 6.07) is 10.0. The van der Waals surface area contributed by atoms with Crippen LogP contribution < -0.4 is 10.1 Å². The van der Waals surface area contributed by atoms with Gasteiger partial charge in [0.1, 0.15) is 12.4 Å². The molecule has 0 aromatic heterocycles. The Morgan fingerprint density at radius 3 is 2.56 bits per heavy atom. The molecule has 1 fully saturated rings. The normalized spacial score (nSPS) is 18.6. The number of hydrogen-bond donors (Lipinski definition) is 1. The third kappa shape index (κ3) is 3.24. The van der Waals surface area contributed by atoms with E-state index in [1.54, 1.807) is 0 Å². The van der Waals surface area contributed by atoms with Crippen molar-refractivity contribution in [2.24, 2.45) is 0 Å². The van der Waals surface area contributed by atoms with Crippen molar-refractivity contribution in [2.45, 2.75) is 38.1 Å². The summed E-state index contributed by atoms with van der Waals surface area (Å²) < 4.78 is 5.65. The number of rotatable bonds is 5. The monoisotopic (exact) mass is 219 g/mol. The Hall–Kier alpha value is -1.02. The zero-order valence-electron chi connectivity index (χ0n) is 10.0. The molecule has 0 unspecified atom stereocenters. The molecule has 1 N–H and O–H groups in total. The van der Waals surface area contributed by atoms with Gasteiger partial charge in [-0.2, -0.15) is 0 Å². The van der Waals surface area contributed by atoms with Crippen LogP contribution in [0.5, 0.6) is 5.75 Å². The Balaban J connectivity index is 1.65.